The molecule has 63 heavy (non-hydrogen) atoms. The molecular formula is C45H53N11O7. The highest BCUT2D eigenvalue weighted by molar-refractivity contribution is 6.25. The van der Waals surface area contributed by atoms with Crippen LogP contribution in [0.1, 0.15) is 80.1 Å². The maximum atomic E-state index is 13.7. The molecule has 2 atom stereocenters. The zero-order valence-corrected chi connectivity index (χ0v) is 35.8. The number of nitrogens with zero attached hydrogens (tertiary/aromatic N) is 4. The number of amides is 5. The normalized spacial score (nSPS) is 17.7. The lowest BCUT2D eigenvalue weighted by Crippen LogP contribution is -2.55. The van der Waals surface area contributed by atoms with Crippen molar-refractivity contribution in [2.45, 2.75) is 65.4 Å². The largest absolute Gasteiger partial charge is 0.382 e. The third-order valence-electron chi connectivity index (χ3n) is 11.5. The van der Waals surface area contributed by atoms with Crippen LogP contribution < -0.4 is 37.0 Å². The number of nitrogens with one attached hydrogen (secondary N) is 7. The van der Waals surface area contributed by atoms with Crippen LogP contribution in [-0.2, 0) is 16.1 Å². The number of piperidine rings is 1. The summed E-state index contributed by atoms with van der Waals surface area (Å²) < 4.78 is 0. The van der Waals surface area contributed by atoms with E-state index in [0.29, 0.717) is 41.2 Å². The fourth-order valence-electron chi connectivity index (χ4n) is 8.25. The Labute approximate surface area is 364 Å². The van der Waals surface area contributed by atoms with Gasteiger partial charge in [0, 0.05) is 98.0 Å². The highest BCUT2D eigenvalue weighted by atomic mass is 16.3. The molecule has 18 nitrogen and oxygen atoms in total. The Kier molecular flexibility index (Phi) is 13.3. The number of H-pyrrole nitrogens is 1. The molecule has 2 unspecified atom stereocenters. The van der Waals surface area contributed by atoms with Crippen LogP contribution >= 0.6 is 0 Å². The van der Waals surface area contributed by atoms with Gasteiger partial charge >= 0.3 is 0 Å². The van der Waals surface area contributed by atoms with Crippen molar-refractivity contribution in [1.29, 1.82) is 5.41 Å². The minimum Gasteiger partial charge on any atom is -0.382 e. The Morgan fingerprint density at radius 1 is 0.952 bits per heavy atom. The van der Waals surface area contributed by atoms with Gasteiger partial charge in [-0.15, -0.1) is 0 Å². The molecular weight excluding hydrogens is 807 g/mol. The summed E-state index contributed by atoms with van der Waals surface area (Å²) in [5, 5.41) is 32.4. The first-order valence-corrected chi connectivity index (χ1v) is 21.1. The van der Waals surface area contributed by atoms with Crippen molar-refractivity contribution >= 4 is 52.9 Å². The van der Waals surface area contributed by atoms with Crippen LogP contribution in [0, 0.1) is 19.3 Å². The number of piperazine rings is 1. The van der Waals surface area contributed by atoms with Gasteiger partial charge in [-0.2, -0.15) is 0 Å². The lowest BCUT2D eigenvalue weighted by Gasteiger charge is -2.35. The number of carbonyl (C=O) groups excluding carboxylic acids is 5. The molecule has 2 fully saturated rings. The van der Waals surface area contributed by atoms with Crippen LogP contribution in [0.25, 0.3) is 11.1 Å². The molecule has 5 amide bonds. The number of aryl methyl sites for hydroxylation is 2. The fraction of sp³-hybridized carbons (Fsp3) is 0.378. The van der Waals surface area contributed by atoms with E-state index in [2.05, 4.69) is 41.4 Å². The zero-order valence-electron chi connectivity index (χ0n) is 35.8. The summed E-state index contributed by atoms with van der Waals surface area (Å²) in [5.41, 5.74) is 5.23. The summed E-state index contributed by atoms with van der Waals surface area (Å²) in [5.74, 6) is -1.68. The minimum atomic E-state index is -1.02. The molecule has 7 rings (SSSR count). The number of pyridine rings is 2. The molecule has 8 N–H and O–H groups in total. The summed E-state index contributed by atoms with van der Waals surface area (Å²) >= 11 is 0. The second-order valence-corrected chi connectivity index (χ2v) is 16.3. The van der Waals surface area contributed by atoms with E-state index < -0.39 is 35.9 Å². The van der Waals surface area contributed by atoms with Gasteiger partial charge in [0.2, 0.25) is 11.8 Å². The molecule has 3 aliphatic heterocycles. The van der Waals surface area contributed by atoms with Crippen LogP contribution in [0.3, 0.4) is 0 Å². The topological polar surface area (TPSA) is 245 Å². The number of rotatable bonds is 15. The van der Waals surface area contributed by atoms with Crippen molar-refractivity contribution in [1.82, 2.24) is 35.7 Å². The number of hydrogen-bond donors (Lipinski definition) is 8. The molecule has 18 heteroatoms. The fourth-order valence-corrected chi connectivity index (χ4v) is 8.25. The van der Waals surface area contributed by atoms with Crippen molar-refractivity contribution < 1.29 is 29.1 Å². The number of aromatic amines is 1. The second kappa shape index (κ2) is 19.0. The molecule has 0 saturated carbocycles. The first-order chi connectivity index (χ1) is 30.2. The van der Waals surface area contributed by atoms with Crippen molar-refractivity contribution in [2.75, 3.05) is 61.3 Å². The maximum absolute atomic E-state index is 13.7. The molecule has 4 aromatic rings. The van der Waals surface area contributed by atoms with Gasteiger partial charge in [-0.1, -0.05) is 6.07 Å². The Morgan fingerprint density at radius 2 is 1.73 bits per heavy atom. The van der Waals surface area contributed by atoms with Gasteiger partial charge in [-0.25, -0.2) is 4.98 Å². The predicted molar refractivity (Wildman–Crippen MR) is 238 cm³/mol. The Hall–Kier alpha value is -6.92. The van der Waals surface area contributed by atoms with Crippen LogP contribution in [0.2, 0.25) is 0 Å². The molecule has 2 saturated heterocycles. The average molecular weight is 860 g/mol. The highest BCUT2D eigenvalue weighted by Crippen LogP contribution is 2.33. The maximum Gasteiger partial charge on any atom is 0.264 e. The van der Waals surface area contributed by atoms with Gasteiger partial charge in [0.15, 0.2) is 0 Å². The van der Waals surface area contributed by atoms with Gasteiger partial charge < -0.3 is 47.0 Å². The lowest BCUT2D eigenvalue weighted by atomic mass is 9.97. The Bertz CT molecular complexity index is 2500. The Balaban J connectivity index is 0.909. The number of hydrogen-bond acceptors (Lipinski definition) is 13. The van der Waals surface area contributed by atoms with E-state index in [1.807, 2.05) is 45.0 Å². The van der Waals surface area contributed by atoms with Crippen molar-refractivity contribution in [3.05, 3.63) is 104 Å². The number of benzene rings is 2. The van der Waals surface area contributed by atoms with E-state index in [9.17, 15) is 33.9 Å². The number of aliphatic hydroxyl groups excluding tert-OH is 1. The van der Waals surface area contributed by atoms with Crippen LogP contribution in [0.5, 0.6) is 0 Å². The number of carbonyl (C=O) groups is 5. The van der Waals surface area contributed by atoms with Crippen molar-refractivity contribution in [3.8, 4) is 11.1 Å². The smallest absolute Gasteiger partial charge is 0.264 e. The average Bonchev–Trinajstić information content (AvgIpc) is 3.51. The molecule has 0 radical (unpaired) electrons. The third kappa shape index (κ3) is 9.76. The van der Waals surface area contributed by atoms with Gasteiger partial charge in [0.1, 0.15) is 18.1 Å². The number of aromatic nitrogens is 2. The molecule has 0 spiro atoms. The standard InChI is InChI=1S/C45H53N11O7/c1-25(2)51-35-20-29(19-31(32(35)21-46)41(59)50-23-33-26(3)18-27(4)52-42(33)60)28-8-10-37(49-22-28)55-16-14-54(15-17-55)13-12-47-39(58)24-48-34-7-5-6-30-40(34)45(63)56(44(30)62)36-9-11-38(57)53-43(36)61/h5-8,10,18-22,25,36,38,46,48,51,57H,9,11-17,23-24H2,1-4H3,(H,47,58)(H,50,59)(H,52,60)(H,53,61). The summed E-state index contributed by atoms with van der Waals surface area (Å²) in [6.07, 6.45) is 2.28. The highest BCUT2D eigenvalue weighted by Gasteiger charge is 2.45. The predicted octanol–water partition coefficient (Wildman–Crippen LogP) is 2.35. The molecule has 3 aliphatic rings. The van der Waals surface area contributed by atoms with E-state index >= 15 is 0 Å². The second-order valence-electron chi connectivity index (χ2n) is 16.3. The summed E-state index contributed by atoms with van der Waals surface area (Å²) in [4.78, 5) is 91.1. The lowest BCUT2D eigenvalue weighted by molar-refractivity contribution is -0.131. The number of imide groups is 1. The monoisotopic (exact) mass is 859 g/mol. The van der Waals surface area contributed by atoms with E-state index in [1.54, 1.807) is 31.3 Å². The van der Waals surface area contributed by atoms with Crippen LogP contribution in [-0.4, -0.2) is 125 Å². The molecule has 0 aliphatic carbocycles. The van der Waals surface area contributed by atoms with Crippen molar-refractivity contribution in [3.63, 3.8) is 0 Å². The Morgan fingerprint density at radius 3 is 2.41 bits per heavy atom. The van der Waals surface area contributed by atoms with Gasteiger partial charge in [0.05, 0.1) is 23.2 Å². The SMILES string of the molecule is Cc1cc(C)c(CNC(=O)c2cc(-c3ccc(N4CCN(CCNC(=O)CNc5cccc6c5C(=O)N(C5CCC(O)NC5=O)C6=O)CC4)nc3)cc(NC(C)C)c2C=N)c(=O)[nH]1. The van der Waals surface area contributed by atoms with Gasteiger partial charge in [-0.05, 0) is 94.1 Å². The first kappa shape index (κ1) is 44.1. The third-order valence-corrected chi connectivity index (χ3v) is 11.5. The van der Waals surface area contributed by atoms with Crippen LogP contribution in [0.15, 0.2) is 59.5 Å². The van der Waals surface area contributed by atoms with E-state index in [0.717, 1.165) is 65.5 Å². The van der Waals surface area contributed by atoms with E-state index in [-0.39, 0.29) is 54.6 Å². The minimum absolute atomic E-state index is 0.0313. The molecule has 5 heterocycles. The quantitative estimate of drug-likeness (QED) is 0.0635. The molecule has 2 aromatic carbocycles. The number of anilines is 3. The number of fused-ring (bicyclic) bond motifs is 1. The molecule has 2 aromatic heterocycles. The summed E-state index contributed by atoms with van der Waals surface area (Å²) in [7, 11) is 0. The van der Waals surface area contributed by atoms with E-state index in [1.165, 1.54) is 6.07 Å². The summed E-state index contributed by atoms with van der Waals surface area (Å²) in [6, 6.07) is 13.2. The molecule has 0 bridgehead atoms. The van der Waals surface area contributed by atoms with Crippen molar-refractivity contribution in [2.24, 2.45) is 0 Å². The summed E-state index contributed by atoms with van der Waals surface area (Å²) in [6.45, 7) is 11.5. The van der Waals surface area contributed by atoms with Crippen LogP contribution in [0.4, 0.5) is 17.2 Å². The van der Waals surface area contributed by atoms with Gasteiger partial charge in [0.25, 0.3) is 23.3 Å². The van der Waals surface area contributed by atoms with Gasteiger partial charge in [-0.3, -0.25) is 38.6 Å². The first-order valence-electron chi connectivity index (χ1n) is 21.1. The number of aliphatic hydroxyl groups is 1. The molecule has 330 valence electrons. The van der Waals surface area contributed by atoms with E-state index in [4.69, 9.17) is 10.4 Å². The zero-order chi connectivity index (χ0) is 44.9.